The highest BCUT2D eigenvalue weighted by Crippen LogP contribution is 2.31. The quantitative estimate of drug-likeness (QED) is 0.849. The first kappa shape index (κ1) is 13.9. The molecular weight excluding hydrogens is 240 g/mol. The first-order valence-electron chi connectivity index (χ1n) is 6.97. The molecule has 0 amide bonds. The number of aliphatic carboxylic acids is 1. The minimum absolute atomic E-state index is 0.409. The van der Waals surface area contributed by atoms with Gasteiger partial charge in [-0.25, -0.2) is 4.79 Å². The largest absolute Gasteiger partial charge is 0.480 e. The van der Waals surface area contributed by atoms with Gasteiger partial charge in [0, 0.05) is 25.2 Å². The summed E-state index contributed by atoms with van der Waals surface area (Å²) in [4.78, 5) is 15.8. The fourth-order valence-corrected chi connectivity index (χ4v) is 2.74. The molecule has 0 spiro atoms. The van der Waals surface area contributed by atoms with Crippen molar-refractivity contribution in [1.29, 1.82) is 0 Å². The molecule has 4 nitrogen and oxygen atoms in total. The zero-order valence-corrected chi connectivity index (χ0v) is 11.7. The highest BCUT2D eigenvalue weighted by Gasteiger charge is 2.33. The minimum Gasteiger partial charge on any atom is -0.480 e. The first-order chi connectivity index (χ1) is 9.17. The highest BCUT2D eigenvalue weighted by atomic mass is 16.4. The Kier molecular flexibility index (Phi) is 4.43. The highest BCUT2D eigenvalue weighted by molar-refractivity contribution is 5.82. The van der Waals surface area contributed by atoms with Crippen molar-refractivity contribution in [3.8, 4) is 0 Å². The van der Waals surface area contributed by atoms with E-state index in [1.165, 1.54) is 0 Å². The Balaban J connectivity index is 2.13. The summed E-state index contributed by atoms with van der Waals surface area (Å²) in [6.07, 6.45) is 0.615. The van der Waals surface area contributed by atoms with Crippen LogP contribution in [-0.4, -0.2) is 48.2 Å². The standard InChI is InChI=1S/C15H22N2O2/c1-3-16(4-2)9-10-17-13-8-6-5-7-12(13)11-14(17)15(18)19/h5-8,14H,3-4,9-11H2,1-2H3,(H,18,19). The second kappa shape index (κ2) is 6.06. The zero-order valence-electron chi connectivity index (χ0n) is 11.7. The Morgan fingerprint density at radius 1 is 1.37 bits per heavy atom. The number of hydrogen-bond acceptors (Lipinski definition) is 3. The van der Waals surface area contributed by atoms with Crippen LogP contribution in [0.2, 0.25) is 0 Å². The molecule has 1 atom stereocenters. The molecule has 1 aromatic rings. The van der Waals surface area contributed by atoms with E-state index in [9.17, 15) is 9.90 Å². The molecule has 104 valence electrons. The van der Waals surface area contributed by atoms with Crippen LogP contribution in [0.25, 0.3) is 0 Å². The molecule has 0 saturated heterocycles. The fourth-order valence-electron chi connectivity index (χ4n) is 2.74. The summed E-state index contributed by atoms with van der Waals surface area (Å²) < 4.78 is 0. The molecule has 0 fully saturated rings. The van der Waals surface area contributed by atoms with Gasteiger partial charge < -0.3 is 14.9 Å². The number of benzene rings is 1. The monoisotopic (exact) mass is 262 g/mol. The van der Waals surface area contributed by atoms with Crippen molar-refractivity contribution in [3.63, 3.8) is 0 Å². The number of anilines is 1. The molecule has 1 aliphatic rings. The maximum absolute atomic E-state index is 11.4. The van der Waals surface area contributed by atoms with Gasteiger partial charge in [0.1, 0.15) is 6.04 Å². The third-order valence-corrected chi connectivity index (χ3v) is 3.93. The van der Waals surface area contributed by atoms with Crippen LogP contribution in [-0.2, 0) is 11.2 Å². The summed E-state index contributed by atoms with van der Waals surface area (Å²) in [5, 5.41) is 9.38. The number of rotatable bonds is 6. The van der Waals surface area contributed by atoms with E-state index >= 15 is 0 Å². The predicted molar refractivity (Wildman–Crippen MR) is 76.7 cm³/mol. The fraction of sp³-hybridized carbons (Fsp3) is 0.533. The van der Waals surface area contributed by atoms with Gasteiger partial charge in [-0.15, -0.1) is 0 Å². The van der Waals surface area contributed by atoms with E-state index < -0.39 is 12.0 Å². The molecular formula is C15H22N2O2. The van der Waals surface area contributed by atoms with E-state index in [-0.39, 0.29) is 0 Å². The van der Waals surface area contributed by atoms with Gasteiger partial charge in [-0.05, 0) is 24.7 Å². The molecule has 4 heteroatoms. The lowest BCUT2D eigenvalue weighted by molar-refractivity contribution is -0.138. The number of hydrogen-bond donors (Lipinski definition) is 1. The summed E-state index contributed by atoms with van der Waals surface area (Å²) in [5.41, 5.74) is 2.23. The third-order valence-electron chi connectivity index (χ3n) is 3.93. The maximum Gasteiger partial charge on any atom is 0.326 e. The molecule has 0 aromatic heterocycles. The topological polar surface area (TPSA) is 43.8 Å². The van der Waals surface area contributed by atoms with Crippen molar-refractivity contribution in [3.05, 3.63) is 29.8 Å². The number of carboxylic acids is 1. The van der Waals surface area contributed by atoms with Crippen molar-refractivity contribution in [2.24, 2.45) is 0 Å². The van der Waals surface area contributed by atoms with Gasteiger partial charge in [0.2, 0.25) is 0 Å². The summed E-state index contributed by atoms with van der Waals surface area (Å²) in [6, 6.07) is 7.61. The van der Waals surface area contributed by atoms with E-state index in [0.29, 0.717) is 6.42 Å². The Morgan fingerprint density at radius 3 is 2.68 bits per heavy atom. The Labute approximate surface area is 114 Å². The van der Waals surface area contributed by atoms with Crippen molar-refractivity contribution < 1.29 is 9.90 Å². The van der Waals surface area contributed by atoms with Crippen molar-refractivity contribution in [1.82, 2.24) is 4.90 Å². The van der Waals surface area contributed by atoms with Gasteiger partial charge in [0.25, 0.3) is 0 Å². The van der Waals surface area contributed by atoms with Crippen molar-refractivity contribution >= 4 is 11.7 Å². The lowest BCUT2D eigenvalue weighted by Gasteiger charge is -2.28. The summed E-state index contributed by atoms with van der Waals surface area (Å²) in [6.45, 7) is 7.96. The average Bonchev–Trinajstić information content (AvgIpc) is 2.79. The number of fused-ring (bicyclic) bond motifs is 1. The molecule has 0 radical (unpaired) electrons. The predicted octanol–water partition coefficient (Wildman–Crippen LogP) is 1.84. The lowest BCUT2D eigenvalue weighted by Crippen LogP contribution is -2.43. The van der Waals surface area contributed by atoms with Crippen molar-refractivity contribution in [2.45, 2.75) is 26.3 Å². The van der Waals surface area contributed by atoms with Crippen LogP contribution < -0.4 is 4.90 Å². The van der Waals surface area contributed by atoms with Crippen LogP contribution in [0.5, 0.6) is 0 Å². The number of para-hydroxylation sites is 1. The SMILES string of the molecule is CCN(CC)CCN1c2ccccc2CC1C(=O)O. The molecule has 1 N–H and O–H groups in total. The Bertz CT molecular complexity index is 444. The number of likely N-dealkylation sites (N-methyl/N-ethyl adjacent to an activating group) is 1. The normalized spacial score (nSPS) is 17.8. The molecule has 2 rings (SSSR count). The second-order valence-electron chi connectivity index (χ2n) is 4.91. The van der Waals surface area contributed by atoms with Crippen LogP contribution in [0.15, 0.2) is 24.3 Å². The molecule has 19 heavy (non-hydrogen) atoms. The van der Waals surface area contributed by atoms with Gasteiger partial charge in [0.05, 0.1) is 0 Å². The summed E-state index contributed by atoms with van der Waals surface area (Å²) in [5.74, 6) is -0.726. The average molecular weight is 262 g/mol. The Morgan fingerprint density at radius 2 is 2.05 bits per heavy atom. The molecule has 0 saturated carbocycles. The first-order valence-corrected chi connectivity index (χ1v) is 6.97. The van der Waals surface area contributed by atoms with Crippen LogP contribution >= 0.6 is 0 Å². The van der Waals surface area contributed by atoms with E-state index in [2.05, 4.69) is 18.7 Å². The third kappa shape index (κ3) is 2.89. The van der Waals surface area contributed by atoms with Crippen LogP contribution in [0.4, 0.5) is 5.69 Å². The minimum atomic E-state index is -0.726. The lowest BCUT2D eigenvalue weighted by atomic mass is 10.1. The zero-order chi connectivity index (χ0) is 13.8. The van der Waals surface area contributed by atoms with E-state index in [0.717, 1.165) is 37.4 Å². The van der Waals surface area contributed by atoms with E-state index in [1.807, 2.05) is 29.2 Å². The van der Waals surface area contributed by atoms with Gasteiger partial charge >= 0.3 is 5.97 Å². The molecule has 0 bridgehead atoms. The number of nitrogens with zero attached hydrogens (tertiary/aromatic N) is 2. The molecule has 0 aliphatic carbocycles. The smallest absolute Gasteiger partial charge is 0.326 e. The van der Waals surface area contributed by atoms with Crippen LogP contribution in [0.3, 0.4) is 0 Å². The van der Waals surface area contributed by atoms with Crippen molar-refractivity contribution in [2.75, 3.05) is 31.1 Å². The van der Waals surface area contributed by atoms with E-state index in [4.69, 9.17) is 0 Å². The van der Waals surface area contributed by atoms with E-state index in [1.54, 1.807) is 0 Å². The second-order valence-corrected chi connectivity index (χ2v) is 4.91. The van der Waals surface area contributed by atoms with Gasteiger partial charge in [-0.2, -0.15) is 0 Å². The molecule has 1 aromatic carbocycles. The number of carbonyl (C=O) groups is 1. The van der Waals surface area contributed by atoms with Crippen LogP contribution in [0, 0.1) is 0 Å². The van der Waals surface area contributed by atoms with Gasteiger partial charge in [-0.3, -0.25) is 0 Å². The van der Waals surface area contributed by atoms with Gasteiger partial charge in [-0.1, -0.05) is 32.0 Å². The Hall–Kier alpha value is -1.55. The number of carboxylic acid groups (broad SMARTS) is 1. The summed E-state index contributed by atoms with van der Waals surface area (Å²) in [7, 11) is 0. The maximum atomic E-state index is 11.4. The van der Waals surface area contributed by atoms with Crippen LogP contribution in [0.1, 0.15) is 19.4 Å². The molecule has 1 aliphatic heterocycles. The molecule has 1 unspecified atom stereocenters. The molecule has 1 heterocycles. The summed E-state index contributed by atoms with van der Waals surface area (Å²) >= 11 is 0. The van der Waals surface area contributed by atoms with Gasteiger partial charge in [0.15, 0.2) is 0 Å².